The molecule has 1 heteroatoms. The van der Waals surface area contributed by atoms with E-state index in [0.29, 0.717) is 11.2 Å². The van der Waals surface area contributed by atoms with Crippen molar-refractivity contribution in [1.82, 2.24) is 0 Å². The van der Waals surface area contributed by atoms with Crippen molar-refractivity contribution in [2.75, 3.05) is 0 Å². The Balaban J connectivity index is 1.76. The summed E-state index contributed by atoms with van der Waals surface area (Å²) >= 11 is 0. The van der Waals surface area contributed by atoms with E-state index in [0.717, 1.165) is 31.1 Å². The Morgan fingerprint density at radius 1 is 1.15 bits per heavy atom. The fraction of sp³-hybridized carbons (Fsp3) is 0.632. The smallest absolute Gasteiger partial charge is 0.156 e. The van der Waals surface area contributed by atoms with Gasteiger partial charge in [-0.2, -0.15) is 0 Å². The molecule has 4 rings (SSSR count). The maximum atomic E-state index is 11.6. The molecule has 1 nitrogen and oxygen atoms in total. The Hall–Kier alpha value is -1.11. The van der Waals surface area contributed by atoms with Crippen LogP contribution in [0.15, 0.2) is 34.9 Å². The fourth-order valence-electron chi connectivity index (χ4n) is 5.44. The zero-order valence-electron chi connectivity index (χ0n) is 12.5. The maximum Gasteiger partial charge on any atom is 0.156 e. The third-order valence-electron chi connectivity index (χ3n) is 6.69. The van der Waals surface area contributed by atoms with E-state index in [4.69, 9.17) is 0 Å². The quantitative estimate of drug-likeness (QED) is 0.579. The van der Waals surface area contributed by atoms with Crippen LogP contribution in [-0.2, 0) is 4.79 Å². The van der Waals surface area contributed by atoms with Gasteiger partial charge in [-0.15, -0.1) is 0 Å². The molecule has 2 fully saturated rings. The van der Waals surface area contributed by atoms with Gasteiger partial charge >= 0.3 is 0 Å². The number of allylic oxidation sites excluding steroid dienone is 5. The zero-order chi connectivity index (χ0) is 13.9. The molecule has 0 aromatic carbocycles. The van der Waals surface area contributed by atoms with Crippen LogP contribution in [0.25, 0.3) is 0 Å². The molecule has 4 aliphatic carbocycles. The topological polar surface area (TPSA) is 17.1 Å². The second-order valence-corrected chi connectivity index (χ2v) is 7.45. The third kappa shape index (κ3) is 1.58. The molecule has 3 unspecified atom stereocenters. The average Bonchev–Trinajstić information content (AvgIpc) is 2.74. The van der Waals surface area contributed by atoms with Crippen molar-refractivity contribution in [2.24, 2.45) is 17.3 Å². The molecule has 0 aromatic rings. The summed E-state index contributed by atoms with van der Waals surface area (Å²) in [5.41, 5.74) is 6.60. The molecule has 0 saturated heterocycles. The van der Waals surface area contributed by atoms with Gasteiger partial charge < -0.3 is 0 Å². The molecule has 3 atom stereocenters. The molecular formula is C19H24O. The van der Waals surface area contributed by atoms with Crippen LogP contribution in [0.2, 0.25) is 0 Å². The van der Waals surface area contributed by atoms with E-state index >= 15 is 0 Å². The number of rotatable bonds is 0. The van der Waals surface area contributed by atoms with Gasteiger partial charge in [0.15, 0.2) is 5.78 Å². The van der Waals surface area contributed by atoms with Crippen LogP contribution in [0.4, 0.5) is 0 Å². The van der Waals surface area contributed by atoms with Gasteiger partial charge in [-0.25, -0.2) is 0 Å². The molecule has 0 aromatic heterocycles. The first kappa shape index (κ1) is 12.6. The summed E-state index contributed by atoms with van der Waals surface area (Å²) in [6.07, 6.45) is 11.2. The van der Waals surface area contributed by atoms with Crippen molar-refractivity contribution in [1.29, 1.82) is 0 Å². The molecular weight excluding hydrogens is 244 g/mol. The van der Waals surface area contributed by atoms with Crippen molar-refractivity contribution in [3.8, 4) is 0 Å². The van der Waals surface area contributed by atoms with Crippen molar-refractivity contribution in [3.05, 3.63) is 34.9 Å². The normalized spacial score (nSPS) is 40.1. The highest BCUT2D eigenvalue weighted by molar-refractivity contribution is 5.93. The van der Waals surface area contributed by atoms with Crippen LogP contribution in [0, 0.1) is 17.3 Å². The van der Waals surface area contributed by atoms with E-state index < -0.39 is 0 Å². The average molecular weight is 268 g/mol. The van der Waals surface area contributed by atoms with E-state index in [9.17, 15) is 4.79 Å². The van der Waals surface area contributed by atoms with E-state index in [1.54, 1.807) is 11.1 Å². The Morgan fingerprint density at radius 2 is 2.00 bits per heavy atom. The van der Waals surface area contributed by atoms with Crippen LogP contribution in [0.1, 0.15) is 58.3 Å². The first-order valence-corrected chi connectivity index (χ1v) is 8.23. The van der Waals surface area contributed by atoms with Crippen LogP contribution in [0.3, 0.4) is 0 Å². The first-order valence-electron chi connectivity index (χ1n) is 8.23. The molecule has 0 spiro atoms. The predicted molar refractivity (Wildman–Crippen MR) is 81.3 cm³/mol. The third-order valence-corrected chi connectivity index (χ3v) is 6.69. The summed E-state index contributed by atoms with van der Waals surface area (Å²) in [7, 11) is 0. The van der Waals surface area contributed by atoms with Gasteiger partial charge in [-0.1, -0.05) is 24.6 Å². The largest absolute Gasteiger partial charge is 0.295 e. The standard InChI is InChI=1S/C19H24O/c1-12-3-8-18-17-6-4-13-11-14(20)5-7-15(13)16(17)9-10-19(12,18)2/h11,17-18H,1,3-10H2,2H3. The molecule has 0 aliphatic heterocycles. The molecule has 4 aliphatic rings. The maximum absolute atomic E-state index is 11.6. The highest BCUT2D eigenvalue weighted by Gasteiger charge is 2.50. The summed E-state index contributed by atoms with van der Waals surface area (Å²) in [6.45, 7) is 6.83. The summed E-state index contributed by atoms with van der Waals surface area (Å²) in [5.74, 6) is 1.96. The molecule has 0 heterocycles. The van der Waals surface area contributed by atoms with Crippen molar-refractivity contribution in [3.63, 3.8) is 0 Å². The van der Waals surface area contributed by atoms with Crippen LogP contribution >= 0.6 is 0 Å². The Labute approximate surface area is 121 Å². The Bertz CT molecular complexity index is 562. The van der Waals surface area contributed by atoms with Gasteiger partial charge in [0, 0.05) is 6.42 Å². The number of ketones is 1. The summed E-state index contributed by atoms with van der Waals surface area (Å²) in [5, 5.41) is 0. The van der Waals surface area contributed by atoms with Gasteiger partial charge in [0.25, 0.3) is 0 Å². The molecule has 0 N–H and O–H groups in total. The minimum Gasteiger partial charge on any atom is -0.295 e. The lowest BCUT2D eigenvalue weighted by Gasteiger charge is -2.47. The fourth-order valence-corrected chi connectivity index (χ4v) is 5.44. The lowest BCUT2D eigenvalue weighted by Crippen LogP contribution is -2.37. The Morgan fingerprint density at radius 3 is 2.85 bits per heavy atom. The van der Waals surface area contributed by atoms with Crippen molar-refractivity contribution in [2.45, 2.75) is 58.3 Å². The highest BCUT2D eigenvalue weighted by Crippen LogP contribution is 2.61. The predicted octanol–water partition coefficient (Wildman–Crippen LogP) is 4.75. The van der Waals surface area contributed by atoms with Gasteiger partial charge in [-0.05, 0) is 79.4 Å². The van der Waals surface area contributed by atoms with E-state index in [1.165, 1.54) is 43.3 Å². The van der Waals surface area contributed by atoms with Crippen LogP contribution < -0.4 is 0 Å². The van der Waals surface area contributed by atoms with E-state index in [1.807, 2.05) is 6.08 Å². The van der Waals surface area contributed by atoms with Gasteiger partial charge in [-0.3, -0.25) is 4.79 Å². The SMILES string of the molecule is C=C1CCC2C3CCC4=CC(=O)CCC4=C3CCC12C. The molecule has 2 saturated carbocycles. The van der Waals surface area contributed by atoms with E-state index in [2.05, 4.69) is 13.5 Å². The molecule has 20 heavy (non-hydrogen) atoms. The second kappa shape index (κ2) is 4.19. The minimum absolute atomic E-state index is 0.345. The lowest BCUT2D eigenvalue weighted by molar-refractivity contribution is -0.114. The molecule has 0 radical (unpaired) electrons. The first-order chi connectivity index (χ1) is 9.59. The molecule has 106 valence electrons. The minimum atomic E-state index is 0.345. The number of carbonyl (C=O) groups excluding carboxylic acids is 1. The summed E-state index contributed by atoms with van der Waals surface area (Å²) in [6, 6.07) is 0. The zero-order valence-corrected chi connectivity index (χ0v) is 12.5. The summed E-state index contributed by atoms with van der Waals surface area (Å²) < 4.78 is 0. The number of carbonyl (C=O) groups is 1. The monoisotopic (exact) mass is 268 g/mol. The number of fused-ring (bicyclic) bond motifs is 4. The van der Waals surface area contributed by atoms with Crippen LogP contribution in [-0.4, -0.2) is 5.78 Å². The van der Waals surface area contributed by atoms with Gasteiger partial charge in [0.2, 0.25) is 0 Å². The van der Waals surface area contributed by atoms with Crippen molar-refractivity contribution >= 4 is 5.78 Å². The molecule has 0 bridgehead atoms. The number of hydrogen-bond acceptors (Lipinski definition) is 1. The highest BCUT2D eigenvalue weighted by atomic mass is 16.1. The second-order valence-electron chi connectivity index (χ2n) is 7.45. The molecule has 0 amide bonds. The van der Waals surface area contributed by atoms with Crippen molar-refractivity contribution < 1.29 is 4.79 Å². The van der Waals surface area contributed by atoms with Crippen LogP contribution in [0.5, 0.6) is 0 Å². The van der Waals surface area contributed by atoms with Gasteiger partial charge in [0.1, 0.15) is 0 Å². The van der Waals surface area contributed by atoms with E-state index in [-0.39, 0.29) is 0 Å². The Kier molecular flexibility index (Phi) is 2.64. The summed E-state index contributed by atoms with van der Waals surface area (Å²) in [4.78, 5) is 11.6. The number of hydrogen-bond donors (Lipinski definition) is 0. The lowest BCUT2D eigenvalue weighted by atomic mass is 9.57. The van der Waals surface area contributed by atoms with Gasteiger partial charge in [0.05, 0.1) is 0 Å².